The molecule has 2 unspecified atom stereocenters. The molecule has 74 valence electrons. The molecule has 0 spiro atoms. The fourth-order valence-electron chi connectivity index (χ4n) is 1.01. The summed E-state index contributed by atoms with van der Waals surface area (Å²) in [5.41, 5.74) is 0.971. The Balaban J connectivity index is 2.68. The predicted molar refractivity (Wildman–Crippen MR) is 55.3 cm³/mol. The van der Waals surface area contributed by atoms with Crippen molar-refractivity contribution in [3.8, 4) is 0 Å². The second-order valence-corrected chi connectivity index (χ2v) is 5.05. The van der Waals surface area contributed by atoms with Crippen LogP contribution in [0, 0.1) is 0 Å². The average molecular weight is 221 g/mol. The Labute approximate surface area is 85.6 Å². The van der Waals surface area contributed by atoms with E-state index >= 15 is 0 Å². The van der Waals surface area contributed by atoms with E-state index in [2.05, 4.69) is 4.98 Å². The molecule has 1 aromatic heterocycles. The molecule has 0 aliphatic rings. The quantitative estimate of drug-likeness (QED) is 0.719. The number of hydrogen-bond donors (Lipinski definition) is 0. The first-order valence-electron chi connectivity index (χ1n) is 4.02. The lowest BCUT2D eigenvalue weighted by Crippen LogP contribution is -2.18. The highest BCUT2D eigenvalue weighted by molar-refractivity contribution is 7.84. The van der Waals surface area contributed by atoms with E-state index in [0.29, 0.717) is 12.4 Å². The van der Waals surface area contributed by atoms with Crippen LogP contribution in [0.4, 0.5) is 0 Å². The first-order chi connectivity index (χ1) is 6.15. The third-order valence-electron chi connectivity index (χ3n) is 1.96. The van der Waals surface area contributed by atoms with Gasteiger partial charge in [-0.25, -0.2) is 4.98 Å². The lowest BCUT2D eigenvalue weighted by Gasteiger charge is -2.10. The van der Waals surface area contributed by atoms with Gasteiger partial charge in [0, 0.05) is 35.0 Å². The van der Waals surface area contributed by atoms with E-state index in [1.165, 1.54) is 0 Å². The van der Waals surface area contributed by atoms with Crippen molar-refractivity contribution < 1.29 is 4.21 Å². The number of alkyl halides is 1. The fraction of sp³-hybridized carbons (Fsp3) is 0.625. The minimum absolute atomic E-state index is 0.135. The van der Waals surface area contributed by atoms with E-state index in [-0.39, 0.29) is 5.25 Å². The molecule has 0 N–H and O–H groups in total. The van der Waals surface area contributed by atoms with Gasteiger partial charge < -0.3 is 4.57 Å². The molecule has 5 heteroatoms. The van der Waals surface area contributed by atoms with Crippen molar-refractivity contribution in [2.24, 2.45) is 0 Å². The summed E-state index contributed by atoms with van der Waals surface area (Å²) in [4.78, 5) is 3.98. The maximum absolute atomic E-state index is 11.1. The van der Waals surface area contributed by atoms with Crippen LogP contribution in [0.5, 0.6) is 0 Å². The third kappa shape index (κ3) is 2.81. The van der Waals surface area contributed by atoms with E-state index < -0.39 is 10.8 Å². The smallest absolute Gasteiger partial charge is 0.0948 e. The lowest BCUT2D eigenvalue weighted by molar-refractivity contribution is 0.634. The maximum Gasteiger partial charge on any atom is 0.0948 e. The van der Waals surface area contributed by atoms with E-state index in [4.69, 9.17) is 11.6 Å². The summed E-state index contributed by atoms with van der Waals surface area (Å²) in [6, 6.07) is 0. The molecule has 3 nitrogen and oxygen atoms in total. The van der Waals surface area contributed by atoms with Crippen LogP contribution in [0.3, 0.4) is 0 Å². The van der Waals surface area contributed by atoms with E-state index in [9.17, 15) is 4.21 Å². The summed E-state index contributed by atoms with van der Waals surface area (Å²) in [5, 5.41) is 0.135. The highest BCUT2D eigenvalue weighted by Crippen LogP contribution is 2.06. The molecule has 13 heavy (non-hydrogen) atoms. The van der Waals surface area contributed by atoms with Crippen LogP contribution in [0.25, 0.3) is 0 Å². The van der Waals surface area contributed by atoms with Crippen molar-refractivity contribution in [3.05, 3.63) is 18.2 Å². The highest BCUT2D eigenvalue weighted by Gasteiger charge is 2.08. The zero-order chi connectivity index (χ0) is 9.84. The molecule has 0 aromatic carbocycles. The molecule has 0 amide bonds. The van der Waals surface area contributed by atoms with Gasteiger partial charge in [-0.05, 0) is 6.92 Å². The van der Waals surface area contributed by atoms with Crippen LogP contribution in [0.15, 0.2) is 12.5 Å². The summed E-state index contributed by atoms with van der Waals surface area (Å²) in [6.07, 6.45) is 5.17. The molecule has 1 rings (SSSR count). The van der Waals surface area contributed by atoms with Crippen molar-refractivity contribution >= 4 is 22.4 Å². The number of halogens is 1. The van der Waals surface area contributed by atoms with Crippen LogP contribution in [0.2, 0.25) is 0 Å². The van der Waals surface area contributed by atoms with E-state index in [0.717, 1.165) is 5.69 Å². The SMILES string of the molecule is CC(Cn1cncc1CCl)S(C)=O. The van der Waals surface area contributed by atoms with Crippen LogP contribution in [-0.2, 0) is 23.2 Å². The van der Waals surface area contributed by atoms with Gasteiger partial charge >= 0.3 is 0 Å². The first kappa shape index (κ1) is 10.7. The highest BCUT2D eigenvalue weighted by atomic mass is 35.5. The van der Waals surface area contributed by atoms with Crippen LogP contribution in [-0.4, -0.2) is 25.3 Å². The average Bonchev–Trinajstić information content (AvgIpc) is 2.51. The molecule has 0 saturated carbocycles. The van der Waals surface area contributed by atoms with Gasteiger partial charge in [0.15, 0.2) is 0 Å². The standard InChI is InChI=1S/C8H13ClN2OS/c1-7(13(2)12)5-11-6-10-4-8(11)3-9/h4,6-7H,3,5H2,1-2H3. The maximum atomic E-state index is 11.1. The molecule has 0 saturated heterocycles. The van der Waals surface area contributed by atoms with Crippen molar-refractivity contribution in [1.82, 2.24) is 9.55 Å². The van der Waals surface area contributed by atoms with Crippen molar-refractivity contribution in [2.45, 2.75) is 24.6 Å². The molecule has 1 aromatic rings. The van der Waals surface area contributed by atoms with Crippen LogP contribution < -0.4 is 0 Å². The molecule has 0 aliphatic heterocycles. The monoisotopic (exact) mass is 220 g/mol. The summed E-state index contributed by atoms with van der Waals surface area (Å²) in [6.45, 7) is 2.67. The Hall–Kier alpha value is -0.350. The molecule has 0 radical (unpaired) electrons. The van der Waals surface area contributed by atoms with Gasteiger partial charge in [-0.2, -0.15) is 0 Å². The zero-order valence-corrected chi connectivity index (χ0v) is 9.31. The summed E-state index contributed by atoms with van der Waals surface area (Å²) >= 11 is 5.70. The molecular formula is C8H13ClN2OS. The number of hydrogen-bond acceptors (Lipinski definition) is 2. The van der Waals surface area contributed by atoms with E-state index in [1.54, 1.807) is 18.8 Å². The number of imidazole rings is 1. The Bertz CT molecular complexity index is 300. The third-order valence-corrected chi connectivity index (χ3v) is 3.51. The minimum Gasteiger partial charge on any atom is -0.332 e. The topological polar surface area (TPSA) is 34.9 Å². The van der Waals surface area contributed by atoms with E-state index in [1.807, 2.05) is 11.5 Å². The van der Waals surface area contributed by atoms with Gasteiger partial charge in [0.25, 0.3) is 0 Å². The fourth-order valence-corrected chi connectivity index (χ4v) is 1.60. The zero-order valence-electron chi connectivity index (χ0n) is 7.74. The second kappa shape index (κ2) is 4.77. The molecule has 0 fully saturated rings. The predicted octanol–water partition coefficient (Wildman–Crippen LogP) is 1.39. The van der Waals surface area contributed by atoms with Gasteiger partial charge in [-0.3, -0.25) is 4.21 Å². The summed E-state index contributed by atoms with van der Waals surface area (Å²) in [5.74, 6) is 0.447. The molecular weight excluding hydrogens is 208 g/mol. The van der Waals surface area contributed by atoms with Crippen LogP contribution in [0.1, 0.15) is 12.6 Å². The Morgan fingerprint density at radius 2 is 2.46 bits per heavy atom. The molecule has 0 bridgehead atoms. The van der Waals surface area contributed by atoms with Gasteiger partial charge in [0.05, 0.1) is 17.9 Å². The van der Waals surface area contributed by atoms with Crippen LogP contribution >= 0.6 is 11.6 Å². The van der Waals surface area contributed by atoms with Gasteiger partial charge in [-0.1, -0.05) is 0 Å². The second-order valence-electron chi connectivity index (χ2n) is 2.98. The number of nitrogens with zero attached hydrogens (tertiary/aromatic N) is 2. The lowest BCUT2D eigenvalue weighted by atomic mass is 10.4. The van der Waals surface area contributed by atoms with Crippen molar-refractivity contribution in [2.75, 3.05) is 6.26 Å². The van der Waals surface area contributed by atoms with Gasteiger partial charge in [0.2, 0.25) is 0 Å². The Morgan fingerprint density at radius 3 is 3.00 bits per heavy atom. The minimum atomic E-state index is -0.797. The summed E-state index contributed by atoms with van der Waals surface area (Å²) in [7, 11) is -0.797. The Morgan fingerprint density at radius 1 is 1.77 bits per heavy atom. The number of aromatic nitrogens is 2. The molecule has 1 heterocycles. The normalized spacial score (nSPS) is 15.6. The molecule has 0 aliphatic carbocycles. The van der Waals surface area contributed by atoms with Crippen molar-refractivity contribution in [1.29, 1.82) is 0 Å². The Kier molecular flexibility index (Phi) is 3.93. The van der Waals surface area contributed by atoms with Gasteiger partial charge in [-0.15, -0.1) is 11.6 Å². The summed E-state index contributed by atoms with van der Waals surface area (Å²) < 4.78 is 13.1. The first-order valence-corrected chi connectivity index (χ1v) is 6.18. The largest absolute Gasteiger partial charge is 0.332 e. The van der Waals surface area contributed by atoms with Crippen molar-refractivity contribution in [3.63, 3.8) is 0 Å². The van der Waals surface area contributed by atoms with Gasteiger partial charge in [0.1, 0.15) is 0 Å². The molecule has 2 atom stereocenters. The number of rotatable bonds is 4.